The van der Waals surface area contributed by atoms with E-state index in [0.717, 1.165) is 34.8 Å². The second-order valence-electron chi connectivity index (χ2n) is 3.57. The molecular weight excluding hydrogens is 218 g/mol. The first-order valence-electron chi connectivity index (χ1n) is 5.36. The van der Waals surface area contributed by atoms with E-state index in [2.05, 4.69) is 34.9 Å². The fourth-order valence-corrected chi connectivity index (χ4v) is 2.57. The smallest absolute Gasteiger partial charge is 0.138 e. The summed E-state index contributed by atoms with van der Waals surface area (Å²) in [4.78, 5) is 11.3. The molecule has 2 aromatic heterocycles. The largest absolute Gasteiger partial charge is 0.366 e. The summed E-state index contributed by atoms with van der Waals surface area (Å²) in [6.45, 7) is 8.50. The molecule has 4 heteroatoms. The van der Waals surface area contributed by atoms with Crippen molar-refractivity contribution >= 4 is 27.4 Å². The molecule has 0 radical (unpaired) electrons. The molecule has 0 aliphatic rings. The van der Waals surface area contributed by atoms with Crippen LogP contribution < -0.4 is 5.32 Å². The van der Waals surface area contributed by atoms with Crippen molar-refractivity contribution in [2.45, 2.75) is 20.3 Å². The highest BCUT2D eigenvalue weighted by atomic mass is 32.1. The van der Waals surface area contributed by atoms with Gasteiger partial charge < -0.3 is 5.32 Å². The van der Waals surface area contributed by atoms with Gasteiger partial charge in [0, 0.05) is 11.4 Å². The summed E-state index contributed by atoms with van der Waals surface area (Å²) < 4.78 is 0. The fourth-order valence-electron chi connectivity index (χ4n) is 1.56. The molecule has 0 aliphatic heterocycles. The Morgan fingerprint density at radius 3 is 3.00 bits per heavy atom. The van der Waals surface area contributed by atoms with Gasteiger partial charge in [-0.05, 0) is 19.4 Å². The van der Waals surface area contributed by atoms with Crippen molar-refractivity contribution < 1.29 is 0 Å². The molecule has 1 N–H and O–H groups in total. The summed E-state index contributed by atoms with van der Waals surface area (Å²) in [6, 6.07) is 2.17. The molecule has 0 unspecified atom stereocenters. The van der Waals surface area contributed by atoms with Crippen LogP contribution in [0.25, 0.3) is 10.2 Å². The van der Waals surface area contributed by atoms with Crippen molar-refractivity contribution in [3.63, 3.8) is 0 Å². The molecule has 0 atom stereocenters. The van der Waals surface area contributed by atoms with E-state index in [1.165, 1.54) is 4.88 Å². The first-order chi connectivity index (χ1) is 7.74. The summed E-state index contributed by atoms with van der Waals surface area (Å²) in [7, 11) is 0. The van der Waals surface area contributed by atoms with Crippen LogP contribution in [0.1, 0.15) is 17.6 Å². The van der Waals surface area contributed by atoms with Gasteiger partial charge in [0.1, 0.15) is 16.5 Å². The summed E-state index contributed by atoms with van der Waals surface area (Å²) in [5.74, 6) is 1.72. The van der Waals surface area contributed by atoms with Crippen LogP contribution in [0.3, 0.4) is 0 Å². The van der Waals surface area contributed by atoms with E-state index < -0.39 is 0 Å². The average Bonchev–Trinajstić information content (AvgIpc) is 2.68. The number of hydrogen-bond donors (Lipinski definition) is 1. The standard InChI is InChI=1S/C12H15N3S/c1-4-6-13-11-10-7-9(5-2)16-12(10)15-8(3)14-11/h4,7H,1,5-6H2,2-3H3,(H,13,14,15). The van der Waals surface area contributed by atoms with Gasteiger partial charge in [-0.1, -0.05) is 13.0 Å². The van der Waals surface area contributed by atoms with Crippen LogP contribution in [-0.4, -0.2) is 16.5 Å². The van der Waals surface area contributed by atoms with Crippen LogP contribution in [0, 0.1) is 6.92 Å². The Hall–Kier alpha value is -1.42. The van der Waals surface area contributed by atoms with Crippen LogP contribution in [0.4, 0.5) is 5.82 Å². The quantitative estimate of drug-likeness (QED) is 0.824. The molecule has 2 rings (SSSR count). The van der Waals surface area contributed by atoms with Crippen molar-refractivity contribution in [1.82, 2.24) is 9.97 Å². The van der Waals surface area contributed by atoms with Gasteiger partial charge in [0.05, 0.1) is 5.39 Å². The van der Waals surface area contributed by atoms with Gasteiger partial charge in [0.2, 0.25) is 0 Å². The second-order valence-corrected chi connectivity index (χ2v) is 4.69. The van der Waals surface area contributed by atoms with Crippen LogP contribution in [0.5, 0.6) is 0 Å². The predicted molar refractivity (Wildman–Crippen MR) is 70.2 cm³/mol. The molecule has 0 amide bonds. The van der Waals surface area contributed by atoms with Crippen LogP contribution in [0.2, 0.25) is 0 Å². The maximum atomic E-state index is 4.45. The maximum absolute atomic E-state index is 4.45. The zero-order valence-corrected chi connectivity index (χ0v) is 10.4. The number of aromatic nitrogens is 2. The molecule has 0 aliphatic carbocycles. The van der Waals surface area contributed by atoms with E-state index in [1.54, 1.807) is 11.3 Å². The number of anilines is 1. The Bertz CT molecular complexity index is 516. The van der Waals surface area contributed by atoms with Crippen molar-refractivity contribution in [2.75, 3.05) is 11.9 Å². The lowest BCUT2D eigenvalue weighted by atomic mass is 10.3. The van der Waals surface area contributed by atoms with Gasteiger partial charge in [-0.25, -0.2) is 9.97 Å². The van der Waals surface area contributed by atoms with E-state index in [1.807, 2.05) is 13.0 Å². The Balaban J connectivity index is 2.52. The zero-order chi connectivity index (χ0) is 11.5. The number of fused-ring (bicyclic) bond motifs is 1. The third-order valence-electron chi connectivity index (χ3n) is 2.32. The lowest BCUT2D eigenvalue weighted by Crippen LogP contribution is -2.02. The van der Waals surface area contributed by atoms with Gasteiger partial charge in [-0.3, -0.25) is 0 Å². The topological polar surface area (TPSA) is 37.8 Å². The van der Waals surface area contributed by atoms with E-state index in [9.17, 15) is 0 Å². The average molecular weight is 233 g/mol. The Kier molecular flexibility index (Phi) is 3.19. The Morgan fingerprint density at radius 1 is 1.50 bits per heavy atom. The lowest BCUT2D eigenvalue weighted by Gasteiger charge is -2.04. The van der Waals surface area contributed by atoms with E-state index >= 15 is 0 Å². The molecule has 0 aromatic carbocycles. The molecule has 0 fully saturated rings. The van der Waals surface area contributed by atoms with Crippen molar-refractivity contribution in [3.05, 3.63) is 29.4 Å². The number of hydrogen-bond acceptors (Lipinski definition) is 4. The second kappa shape index (κ2) is 4.61. The summed E-state index contributed by atoms with van der Waals surface area (Å²) in [5.41, 5.74) is 0. The molecule has 2 heterocycles. The molecule has 84 valence electrons. The third-order valence-corrected chi connectivity index (χ3v) is 3.49. The lowest BCUT2D eigenvalue weighted by molar-refractivity contribution is 1.09. The predicted octanol–water partition coefficient (Wildman–Crippen LogP) is 3.16. The molecule has 0 saturated carbocycles. The molecule has 2 aromatic rings. The third kappa shape index (κ3) is 2.07. The normalized spacial score (nSPS) is 10.6. The zero-order valence-electron chi connectivity index (χ0n) is 9.58. The SMILES string of the molecule is C=CCNc1nc(C)nc2sc(CC)cc12. The molecule has 3 nitrogen and oxygen atoms in total. The minimum atomic E-state index is 0.725. The van der Waals surface area contributed by atoms with Crippen LogP contribution in [-0.2, 0) is 6.42 Å². The number of rotatable bonds is 4. The Morgan fingerprint density at radius 2 is 2.31 bits per heavy atom. The van der Waals surface area contributed by atoms with Crippen LogP contribution >= 0.6 is 11.3 Å². The molecular formula is C12H15N3S. The molecule has 0 saturated heterocycles. The highest BCUT2D eigenvalue weighted by Crippen LogP contribution is 2.29. The van der Waals surface area contributed by atoms with E-state index in [0.29, 0.717) is 0 Å². The fraction of sp³-hybridized carbons (Fsp3) is 0.333. The van der Waals surface area contributed by atoms with Crippen molar-refractivity contribution in [2.24, 2.45) is 0 Å². The highest BCUT2D eigenvalue weighted by molar-refractivity contribution is 7.18. The number of nitrogens with one attached hydrogen (secondary N) is 1. The van der Waals surface area contributed by atoms with Gasteiger partial charge in [0.15, 0.2) is 0 Å². The van der Waals surface area contributed by atoms with Crippen molar-refractivity contribution in [3.8, 4) is 0 Å². The summed E-state index contributed by atoms with van der Waals surface area (Å²) >= 11 is 1.74. The van der Waals surface area contributed by atoms with E-state index in [4.69, 9.17) is 0 Å². The van der Waals surface area contributed by atoms with Gasteiger partial charge in [0.25, 0.3) is 0 Å². The van der Waals surface area contributed by atoms with Gasteiger partial charge >= 0.3 is 0 Å². The molecule has 0 spiro atoms. The maximum Gasteiger partial charge on any atom is 0.138 e. The van der Waals surface area contributed by atoms with Gasteiger partial charge in [-0.2, -0.15) is 0 Å². The highest BCUT2D eigenvalue weighted by Gasteiger charge is 2.08. The monoisotopic (exact) mass is 233 g/mol. The van der Waals surface area contributed by atoms with Gasteiger partial charge in [-0.15, -0.1) is 17.9 Å². The summed E-state index contributed by atoms with van der Waals surface area (Å²) in [5, 5.41) is 4.37. The molecule has 16 heavy (non-hydrogen) atoms. The van der Waals surface area contributed by atoms with Crippen molar-refractivity contribution in [1.29, 1.82) is 0 Å². The van der Waals surface area contributed by atoms with E-state index in [-0.39, 0.29) is 0 Å². The number of aryl methyl sites for hydroxylation is 2. The minimum absolute atomic E-state index is 0.725. The number of thiophene rings is 1. The Labute approximate surface area is 99.2 Å². The molecule has 0 bridgehead atoms. The first-order valence-corrected chi connectivity index (χ1v) is 6.18. The first kappa shape index (κ1) is 11.1. The minimum Gasteiger partial charge on any atom is -0.366 e. The van der Waals surface area contributed by atoms with Crippen LogP contribution in [0.15, 0.2) is 18.7 Å². The summed E-state index contributed by atoms with van der Waals surface area (Å²) in [6.07, 6.45) is 2.87. The number of nitrogens with zero attached hydrogens (tertiary/aromatic N) is 2.